The maximum Gasteiger partial charge on any atom is 0.333 e. The Hall–Kier alpha value is -0.700. The van der Waals surface area contributed by atoms with Gasteiger partial charge in [-0.2, -0.15) is 8.42 Å². The molecule has 0 radical (unpaired) electrons. The highest BCUT2D eigenvalue weighted by molar-refractivity contribution is 7.84. The third-order valence-corrected chi connectivity index (χ3v) is 5.36. The Balaban J connectivity index is 1.78. The number of hydrogen-bond donors (Lipinski definition) is 1. The summed E-state index contributed by atoms with van der Waals surface area (Å²) in [4.78, 5) is 0. The molecule has 8 heteroatoms. The van der Waals surface area contributed by atoms with E-state index in [9.17, 15) is 8.42 Å². The van der Waals surface area contributed by atoms with E-state index in [0.717, 1.165) is 31.2 Å². The minimum atomic E-state index is -3.96. The van der Waals surface area contributed by atoms with E-state index in [2.05, 4.69) is 4.18 Å². The standard InChI is InChI=1S/C16H22ClNO5S/c17-13-7-3-2-6-12(13)15-14(8-11-21-24(18,19)20)22-16(23-15)9-4-1-5-10-16/h2-3,6-7,14-15H,1,4-5,8-11H2,(H2,18,19,20)/t14-,15-/m1/s1. The highest BCUT2D eigenvalue weighted by Gasteiger charge is 2.48. The van der Waals surface area contributed by atoms with Gasteiger partial charge in [-0.3, -0.25) is 4.18 Å². The first-order chi connectivity index (χ1) is 11.4. The van der Waals surface area contributed by atoms with Crippen molar-refractivity contribution in [2.45, 2.75) is 56.5 Å². The average Bonchev–Trinajstić information content (AvgIpc) is 2.85. The van der Waals surface area contributed by atoms with Gasteiger partial charge in [-0.05, 0) is 18.9 Å². The normalized spacial score (nSPS) is 26.8. The Morgan fingerprint density at radius 3 is 2.58 bits per heavy atom. The summed E-state index contributed by atoms with van der Waals surface area (Å²) in [5.41, 5.74) is 0.849. The zero-order chi connectivity index (χ0) is 17.2. The molecule has 2 aliphatic rings. The summed E-state index contributed by atoms with van der Waals surface area (Å²) in [6.45, 7) is -0.0517. The maximum absolute atomic E-state index is 11.0. The van der Waals surface area contributed by atoms with Crippen molar-refractivity contribution in [1.29, 1.82) is 0 Å². The Bertz CT molecular complexity index is 675. The zero-order valence-electron chi connectivity index (χ0n) is 13.3. The largest absolute Gasteiger partial charge is 0.344 e. The van der Waals surface area contributed by atoms with Crippen molar-refractivity contribution in [2.75, 3.05) is 6.61 Å². The Morgan fingerprint density at radius 2 is 1.92 bits per heavy atom. The molecule has 1 aliphatic carbocycles. The van der Waals surface area contributed by atoms with Gasteiger partial charge in [0.1, 0.15) is 6.10 Å². The molecule has 1 aromatic rings. The lowest BCUT2D eigenvalue weighted by molar-refractivity contribution is -0.195. The molecule has 1 spiro atoms. The van der Waals surface area contributed by atoms with E-state index in [1.54, 1.807) is 0 Å². The molecule has 1 heterocycles. The molecule has 2 N–H and O–H groups in total. The van der Waals surface area contributed by atoms with Gasteiger partial charge in [0.15, 0.2) is 5.79 Å². The second kappa shape index (κ2) is 7.27. The van der Waals surface area contributed by atoms with Crippen molar-refractivity contribution in [1.82, 2.24) is 0 Å². The minimum Gasteiger partial charge on any atom is -0.344 e. The van der Waals surface area contributed by atoms with Crippen LogP contribution in [0.2, 0.25) is 5.02 Å². The summed E-state index contributed by atoms with van der Waals surface area (Å²) in [7, 11) is -3.96. The third-order valence-electron chi connectivity index (χ3n) is 4.52. The summed E-state index contributed by atoms with van der Waals surface area (Å²) in [6.07, 6.45) is 4.62. The summed E-state index contributed by atoms with van der Waals surface area (Å²) < 4.78 is 39.1. The van der Waals surface area contributed by atoms with Gasteiger partial charge < -0.3 is 9.47 Å². The van der Waals surface area contributed by atoms with E-state index < -0.39 is 16.1 Å². The summed E-state index contributed by atoms with van der Waals surface area (Å²) in [6, 6.07) is 7.47. The molecule has 2 atom stereocenters. The van der Waals surface area contributed by atoms with Crippen LogP contribution in [-0.2, 0) is 24.0 Å². The van der Waals surface area contributed by atoms with E-state index >= 15 is 0 Å². The van der Waals surface area contributed by atoms with E-state index in [4.69, 9.17) is 26.2 Å². The number of hydrogen-bond acceptors (Lipinski definition) is 5. The van der Waals surface area contributed by atoms with Crippen LogP contribution in [0, 0.1) is 0 Å². The van der Waals surface area contributed by atoms with Crippen molar-refractivity contribution >= 4 is 21.9 Å². The SMILES string of the molecule is NS(=O)(=O)OCC[C@H]1OC2(CCCCC2)O[C@@H]1c1ccccc1Cl. The van der Waals surface area contributed by atoms with Gasteiger partial charge in [0.2, 0.25) is 0 Å². The lowest BCUT2D eigenvalue weighted by Gasteiger charge is -2.32. The lowest BCUT2D eigenvalue weighted by atomic mass is 9.94. The topological polar surface area (TPSA) is 87.9 Å². The van der Waals surface area contributed by atoms with E-state index in [-0.39, 0.29) is 18.8 Å². The smallest absolute Gasteiger partial charge is 0.333 e. The van der Waals surface area contributed by atoms with Crippen LogP contribution in [0.5, 0.6) is 0 Å². The van der Waals surface area contributed by atoms with Crippen molar-refractivity contribution in [3.63, 3.8) is 0 Å². The highest BCUT2D eigenvalue weighted by atomic mass is 35.5. The van der Waals surface area contributed by atoms with Gasteiger partial charge in [-0.25, -0.2) is 5.14 Å². The van der Waals surface area contributed by atoms with E-state index in [1.165, 1.54) is 6.42 Å². The van der Waals surface area contributed by atoms with Crippen LogP contribution in [0.15, 0.2) is 24.3 Å². The fraction of sp³-hybridized carbons (Fsp3) is 0.625. The minimum absolute atomic E-state index is 0.0517. The predicted molar refractivity (Wildman–Crippen MR) is 89.6 cm³/mol. The molecule has 1 aliphatic heterocycles. The first kappa shape index (κ1) is 18.1. The second-order valence-corrected chi connectivity index (χ2v) is 7.92. The molecule has 6 nitrogen and oxygen atoms in total. The second-order valence-electron chi connectivity index (χ2n) is 6.29. The first-order valence-corrected chi connectivity index (χ1v) is 10.0. The predicted octanol–water partition coefficient (Wildman–Crippen LogP) is 3.07. The van der Waals surface area contributed by atoms with Crippen LogP contribution >= 0.6 is 11.6 Å². The number of halogens is 1. The Labute approximate surface area is 147 Å². The summed E-state index contributed by atoms with van der Waals surface area (Å²) >= 11 is 6.32. The summed E-state index contributed by atoms with van der Waals surface area (Å²) in [5.74, 6) is -0.603. The van der Waals surface area contributed by atoms with Crippen LogP contribution in [0.25, 0.3) is 0 Å². The quantitative estimate of drug-likeness (QED) is 0.854. The van der Waals surface area contributed by atoms with Gasteiger partial charge in [0, 0.05) is 29.8 Å². The van der Waals surface area contributed by atoms with Crippen LogP contribution in [0.1, 0.15) is 50.2 Å². The maximum atomic E-state index is 11.0. The number of ether oxygens (including phenoxy) is 2. The van der Waals surface area contributed by atoms with Gasteiger partial charge in [0.05, 0.1) is 12.7 Å². The van der Waals surface area contributed by atoms with Crippen LogP contribution in [0.3, 0.4) is 0 Å². The Kier molecular flexibility index (Phi) is 5.48. The molecule has 0 unspecified atom stereocenters. The van der Waals surface area contributed by atoms with Crippen LogP contribution in [0.4, 0.5) is 0 Å². The molecule has 134 valence electrons. The molecular formula is C16H22ClNO5S. The molecule has 1 saturated carbocycles. The molecule has 0 amide bonds. The fourth-order valence-electron chi connectivity index (χ4n) is 3.46. The monoisotopic (exact) mass is 375 g/mol. The van der Waals surface area contributed by atoms with Gasteiger partial charge in [-0.15, -0.1) is 0 Å². The fourth-order valence-corrected chi connectivity index (χ4v) is 4.03. The third kappa shape index (κ3) is 4.28. The molecule has 1 aromatic carbocycles. The van der Waals surface area contributed by atoms with Gasteiger partial charge in [-0.1, -0.05) is 36.2 Å². The number of benzene rings is 1. The molecule has 0 aromatic heterocycles. The molecule has 24 heavy (non-hydrogen) atoms. The van der Waals surface area contributed by atoms with Crippen molar-refractivity contribution in [3.8, 4) is 0 Å². The zero-order valence-corrected chi connectivity index (χ0v) is 14.9. The number of nitrogens with two attached hydrogens (primary N) is 1. The summed E-state index contributed by atoms with van der Waals surface area (Å²) in [5, 5.41) is 5.49. The molecule has 0 bridgehead atoms. The van der Waals surface area contributed by atoms with E-state index in [1.807, 2.05) is 24.3 Å². The molecular weight excluding hydrogens is 354 g/mol. The Morgan fingerprint density at radius 1 is 1.21 bits per heavy atom. The molecule has 3 rings (SSSR count). The first-order valence-electron chi connectivity index (χ1n) is 8.16. The highest BCUT2D eigenvalue weighted by Crippen LogP contribution is 2.48. The van der Waals surface area contributed by atoms with Gasteiger partial charge >= 0.3 is 10.3 Å². The van der Waals surface area contributed by atoms with Crippen molar-refractivity contribution < 1.29 is 22.1 Å². The van der Waals surface area contributed by atoms with Crippen molar-refractivity contribution in [3.05, 3.63) is 34.9 Å². The van der Waals surface area contributed by atoms with Crippen LogP contribution in [-0.4, -0.2) is 26.9 Å². The van der Waals surface area contributed by atoms with E-state index in [0.29, 0.717) is 11.4 Å². The van der Waals surface area contributed by atoms with Crippen LogP contribution < -0.4 is 5.14 Å². The lowest BCUT2D eigenvalue weighted by Crippen LogP contribution is -2.33. The number of rotatable bonds is 5. The average molecular weight is 376 g/mol. The van der Waals surface area contributed by atoms with Gasteiger partial charge in [0.25, 0.3) is 0 Å². The molecule has 1 saturated heterocycles. The van der Waals surface area contributed by atoms with Crippen molar-refractivity contribution in [2.24, 2.45) is 5.14 Å². The molecule has 2 fully saturated rings.